The monoisotopic (exact) mass is 352 g/mol. The van der Waals surface area contributed by atoms with Crippen LogP contribution >= 0.6 is 0 Å². The maximum atomic E-state index is 11.6. The minimum absolute atomic E-state index is 0.385. The third-order valence-electron chi connectivity index (χ3n) is 3.05. The second kappa shape index (κ2) is 11.4. The van der Waals surface area contributed by atoms with E-state index in [2.05, 4.69) is 27.9 Å². The lowest BCUT2D eigenvalue weighted by Gasteiger charge is -2.19. The quantitative estimate of drug-likeness (QED) is 0.361. The number of carbonyl (C=O) groups excluding carboxylic acids is 1. The molecule has 1 aromatic heterocycles. The molecule has 1 amide bonds. The van der Waals surface area contributed by atoms with Crippen molar-refractivity contribution in [3.63, 3.8) is 0 Å². The fourth-order valence-electron chi connectivity index (χ4n) is 1.96. The third kappa shape index (κ3) is 11.1. The molecule has 0 spiro atoms. The Bertz CT molecular complexity index is 507. The molecule has 1 rings (SSSR count). The molecule has 0 aromatic carbocycles. The Morgan fingerprint density at radius 1 is 1.20 bits per heavy atom. The highest BCUT2D eigenvalue weighted by atomic mass is 16.6. The Labute approximate surface area is 150 Å². The number of amides is 1. The summed E-state index contributed by atoms with van der Waals surface area (Å²) in [6.07, 6.45) is 3.87. The fourth-order valence-corrected chi connectivity index (χ4v) is 1.96. The van der Waals surface area contributed by atoms with E-state index in [4.69, 9.17) is 9.15 Å². The summed E-state index contributed by atoms with van der Waals surface area (Å²) in [4.78, 5) is 16.0. The van der Waals surface area contributed by atoms with Gasteiger partial charge in [-0.3, -0.25) is 4.99 Å². The Kier molecular flexibility index (Phi) is 9.50. The van der Waals surface area contributed by atoms with Gasteiger partial charge in [-0.15, -0.1) is 0 Å². The summed E-state index contributed by atoms with van der Waals surface area (Å²) in [7, 11) is 0. The molecular formula is C18H32N4O3. The predicted octanol–water partition coefficient (Wildman–Crippen LogP) is 2.68. The molecule has 3 N–H and O–H groups in total. The van der Waals surface area contributed by atoms with Crippen LogP contribution in [0, 0.1) is 0 Å². The normalized spacial score (nSPS) is 11.9. The summed E-state index contributed by atoms with van der Waals surface area (Å²) in [5, 5.41) is 9.31. The molecule has 0 unspecified atom stereocenters. The predicted molar refractivity (Wildman–Crippen MR) is 99.9 cm³/mol. The van der Waals surface area contributed by atoms with Gasteiger partial charge in [0.05, 0.1) is 6.26 Å². The van der Waals surface area contributed by atoms with Crippen LogP contribution in [0.3, 0.4) is 0 Å². The summed E-state index contributed by atoms with van der Waals surface area (Å²) < 4.78 is 10.5. The average molecular weight is 352 g/mol. The molecular weight excluding hydrogens is 320 g/mol. The molecule has 25 heavy (non-hydrogen) atoms. The third-order valence-corrected chi connectivity index (χ3v) is 3.05. The lowest BCUT2D eigenvalue weighted by molar-refractivity contribution is 0.0527. The van der Waals surface area contributed by atoms with Gasteiger partial charge >= 0.3 is 6.09 Å². The molecule has 0 aliphatic rings. The molecule has 0 radical (unpaired) electrons. The summed E-state index contributed by atoms with van der Waals surface area (Å²) in [6, 6.07) is 3.84. The molecule has 7 nitrogen and oxygen atoms in total. The molecule has 7 heteroatoms. The first-order valence-corrected chi connectivity index (χ1v) is 8.92. The van der Waals surface area contributed by atoms with Crippen molar-refractivity contribution in [1.82, 2.24) is 16.0 Å². The van der Waals surface area contributed by atoms with Gasteiger partial charge in [-0.25, -0.2) is 4.79 Å². The Morgan fingerprint density at radius 3 is 2.56 bits per heavy atom. The first-order chi connectivity index (χ1) is 11.9. The van der Waals surface area contributed by atoms with Crippen LogP contribution in [0.2, 0.25) is 0 Å². The van der Waals surface area contributed by atoms with E-state index in [1.165, 1.54) is 0 Å². The Balaban J connectivity index is 2.20. The van der Waals surface area contributed by atoms with Crippen molar-refractivity contribution in [2.45, 2.75) is 52.6 Å². The molecule has 1 heterocycles. The van der Waals surface area contributed by atoms with Gasteiger partial charge in [-0.1, -0.05) is 6.92 Å². The van der Waals surface area contributed by atoms with Crippen molar-refractivity contribution in [2.75, 3.05) is 26.2 Å². The van der Waals surface area contributed by atoms with Crippen molar-refractivity contribution in [3.8, 4) is 0 Å². The second-order valence-corrected chi connectivity index (χ2v) is 6.70. The highest BCUT2D eigenvalue weighted by Crippen LogP contribution is 2.06. The smallest absolute Gasteiger partial charge is 0.407 e. The number of hydrogen-bond donors (Lipinski definition) is 3. The van der Waals surface area contributed by atoms with Gasteiger partial charge in [0.25, 0.3) is 0 Å². The minimum Gasteiger partial charge on any atom is -0.469 e. The van der Waals surface area contributed by atoms with E-state index in [0.29, 0.717) is 13.1 Å². The summed E-state index contributed by atoms with van der Waals surface area (Å²) >= 11 is 0. The number of alkyl carbamates (subject to hydrolysis) is 1. The lowest BCUT2D eigenvalue weighted by Crippen LogP contribution is -2.40. The summed E-state index contributed by atoms with van der Waals surface area (Å²) in [5.41, 5.74) is -0.472. The van der Waals surface area contributed by atoms with Crippen molar-refractivity contribution < 1.29 is 13.9 Å². The van der Waals surface area contributed by atoms with Gasteiger partial charge in [0.2, 0.25) is 0 Å². The number of aliphatic imine (C=N–C) groups is 1. The first-order valence-electron chi connectivity index (χ1n) is 8.92. The van der Waals surface area contributed by atoms with Crippen LogP contribution in [-0.4, -0.2) is 43.8 Å². The topological polar surface area (TPSA) is 87.9 Å². The average Bonchev–Trinajstić information content (AvgIpc) is 3.03. The zero-order chi connectivity index (χ0) is 18.5. The zero-order valence-corrected chi connectivity index (χ0v) is 15.9. The highest BCUT2D eigenvalue weighted by Gasteiger charge is 2.15. The first kappa shape index (κ1) is 20.9. The van der Waals surface area contributed by atoms with E-state index in [9.17, 15) is 4.79 Å². The Hall–Kier alpha value is -2.18. The number of carbonyl (C=O) groups is 1. The minimum atomic E-state index is -0.472. The van der Waals surface area contributed by atoms with E-state index in [-0.39, 0.29) is 6.09 Å². The number of ether oxygens (including phenoxy) is 1. The molecule has 0 fully saturated rings. The molecule has 0 atom stereocenters. The molecule has 142 valence electrons. The highest BCUT2D eigenvalue weighted by molar-refractivity contribution is 5.79. The molecule has 0 aliphatic heterocycles. The maximum absolute atomic E-state index is 11.6. The molecule has 0 bridgehead atoms. The number of nitrogens with zero attached hydrogens (tertiary/aromatic N) is 1. The van der Waals surface area contributed by atoms with E-state index >= 15 is 0 Å². The van der Waals surface area contributed by atoms with Gasteiger partial charge < -0.3 is 25.1 Å². The summed E-state index contributed by atoms with van der Waals surface area (Å²) in [5.74, 6) is 1.73. The van der Waals surface area contributed by atoms with Crippen molar-refractivity contribution in [3.05, 3.63) is 24.2 Å². The standard InChI is InChI=1S/C18H32N4O3/c1-5-10-19-16(21-13-9-15-8-6-14-24-15)20-11-7-12-22-17(23)25-18(2,3)4/h6,8,14H,5,7,9-13H2,1-4H3,(H,22,23)(H2,19,20,21). The number of guanidine groups is 1. The van der Waals surface area contributed by atoms with Crippen LogP contribution in [0.1, 0.15) is 46.3 Å². The fraction of sp³-hybridized carbons (Fsp3) is 0.667. The van der Waals surface area contributed by atoms with Crippen LogP contribution in [0.4, 0.5) is 4.79 Å². The van der Waals surface area contributed by atoms with Crippen LogP contribution < -0.4 is 16.0 Å². The van der Waals surface area contributed by atoms with Gasteiger partial charge in [0.15, 0.2) is 5.96 Å². The van der Waals surface area contributed by atoms with Crippen molar-refractivity contribution in [2.24, 2.45) is 4.99 Å². The lowest BCUT2D eigenvalue weighted by atomic mass is 10.2. The largest absolute Gasteiger partial charge is 0.469 e. The second-order valence-electron chi connectivity index (χ2n) is 6.70. The van der Waals surface area contributed by atoms with Crippen LogP contribution in [0.5, 0.6) is 0 Å². The van der Waals surface area contributed by atoms with E-state index in [1.807, 2.05) is 32.9 Å². The molecule has 0 saturated heterocycles. The van der Waals surface area contributed by atoms with Gasteiger partial charge in [0.1, 0.15) is 11.4 Å². The number of furan rings is 1. The van der Waals surface area contributed by atoms with Crippen LogP contribution in [-0.2, 0) is 11.2 Å². The van der Waals surface area contributed by atoms with Crippen LogP contribution in [0.25, 0.3) is 0 Å². The number of hydrogen-bond acceptors (Lipinski definition) is 4. The van der Waals surface area contributed by atoms with Gasteiger partial charge in [0, 0.05) is 32.6 Å². The molecule has 0 aliphatic carbocycles. The van der Waals surface area contributed by atoms with E-state index in [1.54, 1.807) is 6.26 Å². The van der Waals surface area contributed by atoms with Crippen molar-refractivity contribution >= 4 is 12.1 Å². The maximum Gasteiger partial charge on any atom is 0.407 e. The Morgan fingerprint density at radius 2 is 1.92 bits per heavy atom. The van der Waals surface area contributed by atoms with Gasteiger partial charge in [-0.2, -0.15) is 0 Å². The van der Waals surface area contributed by atoms with Crippen LogP contribution in [0.15, 0.2) is 27.8 Å². The molecule has 0 saturated carbocycles. The number of rotatable bonds is 9. The SMILES string of the molecule is CCCN=C(NCCCNC(=O)OC(C)(C)C)NCCc1ccco1. The van der Waals surface area contributed by atoms with E-state index in [0.717, 1.165) is 44.1 Å². The summed E-state index contributed by atoms with van der Waals surface area (Å²) in [6.45, 7) is 10.4. The van der Waals surface area contributed by atoms with Crippen molar-refractivity contribution in [1.29, 1.82) is 0 Å². The molecule has 1 aromatic rings. The van der Waals surface area contributed by atoms with Gasteiger partial charge in [-0.05, 0) is 45.7 Å². The number of nitrogens with one attached hydrogen (secondary N) is 3. The van der Waals surface area contributed by atoms with E-state index < -0.39 is 5.60 Å². The zero-order valence-electron chi connectivity index (χ0n) is 15.9.